The topological polar surface area (TPSA) is 57.0 Å². The Morgan fingerprint density at radius 3 is 3.17 bits per heavy atom. The van der Waals surface area contributed by atoms with Crippen LogP contribution >= 0.6 is 11.3 Å². The van der Waals surface area contributed by atoms with Gasteiger partial charge in [-0.2, -0.15) is 5.26 Å². The van der Waals surface area contributed by atoms with Crippen molar-refractivity contribution in [1.29, 1.82) is 5.26 Å². The Morgan fingerprint density at radius 2 is 2.67 bits per heavy atom. The van der Waals surface area contributed by atoms with Gasteiger partial charge in [0, 0.05) is 7.05 Å². The predicted molar refractivity (Wildman–Crippen MR) is 44.7 cm³/mol. The highest BCUT2D eigenvalue weighted by atomic mass is 32.1. The van der Waals surface area contributed by atoms with Crippen LogP contribution in [0.5, 0.6) is 0 Å². The molecule has 0 aliphatic rings. The smallest absolute Gasteiger partial charge is 0.266 e. The molecule has 0 fully saturated rings. The SMILES string of the molecule is CN(CC#N)C(=O)c1cncs1. The molecule has 12 heavy (non-hydrogen) atoms. The molecule has 0 saturated heterocycles. The van der Waals surface area contributed by atoms with E-state index in [1.54, 1.807) is 12.6 Å². The van der Waals surface area contributed by atoms with E-state index >= 15 is 0 Å². The van der Waals surface area contributed by atoms with Gasteiger partial charge in [-0.3, -0.25) is 9.78 Å². The molecule has 5 heteroatoms. The third-order valence-electron chi connectivity index (χ3n) is 1.30. The number of hydrogen-bond donors (Lipinski definition) is 0. The van der Waals surface area contributed by atoms with Crippen molar-refractivity contribution in [1.82, 2.24) is 9.88 Å². The summed E-state index contributed by atoms with van der Waals surface area (Å²) in [7, 11) is 1.59. The van der Waals surface area contributed by atoms with Gasteiger partial charge in [-0.1, -0.05) is 0 Å². The molecule has 0 atom stereocenters. The lowest BCUT2D eigenvalue weighted by molar-refractivity contribution is 0.0816. The Labute approximate surface area is 74.1 Å². The molecule has 0 unspecified atom stereocenters. The number of thiazole rings is 1. The van der Waals surface area contributed by atoms with Gasteiger partial charge in [-0.05, 0) is 0 Å². The number of nitrogens with zero attached hydrogens (tertiary/aromatic N) is 3. The lowest BCUT2D eigenvalue weighted by atomic mass is 10.4. The van der Waals surface area contributed by atoms with E-state index in [4.69, 9.17) is 5.26 Å². The molecular weight excluding hydrogens is 174 g/mol. The molecule has 4 nitrogen and oxygen atoms in total. The Kier molecular flexibility index (Phi) is 2.77. The Morgan fingerprint density at radius 1 is 1.92 bits per heavy atom. The average Bonchev–Trinajstić information content (AvgIpc) is 2.55. The molecule has 62 valence electrons. The number of carbonyl (C=O) groups is 1. The molecule has 0 aliphatic carbocycles. The minimum atomic E-state index is -0.154. The molecule has 1 rings (SSSR count). The Bertz CT molecular complexity index is 301. The molecule has 0 radical (unpaired) electrons. The van der Waals surface area contributed by atoms with Gasteiger partial charge in [0.25, 0.3) is 5.91 Å². The zero-order valence-electron chi connectivity index (χ0n) is 6.52. The van der Waals surface area contributed by atoms with Crippen LogP contribution in [-0.2, 0) is 0 Å². The van der Waals surface area contributed by atoms with Crippen molar-refractivity contribution >= 4 is 17.2 Å². The molecule has 1 aromatic heterocycles. The van der Waals surface area contributed by atoms with Crippen LogP contribution in [-0.4, -0.2) is 29.4 Å². The fraction of sp³-hybridized carbons (Fsp3) is 0.286. The van der Waals surface area contributed by atoms with Crippen molar-refractivity contribution in [3.63, 3.8) is 0 Å². The van der Waals surface area contributed by atoms with E-state index < -0.39 is 0 Å². The van der Waals surface area contributed by atoms with Crippen molar-refractivity contribution < 1.29 is 4.79 Å². The summed E-state index contributed by atoms with van der Waals surface area (Å²) in [5.74, 6) is -0.154. The number of rotatable bonds is 2. The molecule has 0 spiro atoms. The molecule has 1 aromatic rings. The van der Waals surface area contributed by atoms with Gasteiger partial charge in [0.15, 0.2) is 0 Å². The minimum absolute atomic E-state index is 0.108. The Hall–Kier alpha value is -1.41. The van der Waals surface area contributed by atoms with Crippen LogP contribution in [0.4, 0.5) is 0 Å². The third-order valence-corrected chi connectivity index (χ3v) is 2.06. The van der Waals surface area contributed by atoms with Crippen LogP contribution in [0.3, 0.4) is 0 Å². The fourth-order valence-electron chi connectivity index (χ4n) is 0.687. The van der Waals surface area contributed by atoms with Crippen molar-refractivity contribution in [2.75, 3.05) is 13.6 Å². The maximum Gasteiger partial charge on any atom is 0.266 e. The summed E-state index contributed by atoms with van der Waals surface area (Å²) in [6.45, 7) is 0.108. The molecule has 0 aromatic carbocycles. The van der Waals surface area contributed by atoms with Gasteiger partial charge in [0.1, 0.15) is 11.4 Å². The fourth-order valence-corrected chi connectivity index (χ4v) is 1.30. The molecule has 0 bridgehead atoms. The number of hydrogen-bond acceptors (Lipinski definition) is 4. The average molecular weight is 181 g/mol. The van der Waals surface area contributed by atoms with Crippen molar-refractivity contribution in [2.45, 2.75) is 0 Å². The standard InChI is InChI=1S/C7H7N3OS/c1-10(3-2-8)7(11)6-4-9-5-12-6/h4-5H,3H2,1H3. The lowest BCUT2D eigenvalue weighted by Crippen LogP contribution is -2.26. The van der Waals surface area contributed by atoms with E-state index in [9.17, 15) is 4.79 Å². The maximum atomic E-state index is 11.3. The quantitative estimate of drug-likeness (QED) is 0.632. The minimum Gasteiger partial charge on any atom is -0.328 e. The highest BCUT2D eigenvalue weighted by molar-refractivity contribution is 7.11. The van der Waals surface area contributed by atoms with E-state index in [0.29, 0.717) is 4.88 Å². The van der Waals surface area contributed by atoms with E-state index in [1.165, 1.54) is 22.4 Å². The van der Waals surface area contributed by atoms with Gasteiger partial charge in [0.05, 0.1) is 17.8 Å². The van der Waals surface area contributed by atoms with Crippen LogP contribution in [0.25, 0.3) is 0 Å². The summed E-state index contributed by atoms with van der Waals surface area (Å²) >= 11 is 1.27. The molecule has 0 aliphatic heterocycles. The van der Waals surface area contributed by atoms with Gasteiger partial charge in [-0.25, -0.2) is 0 Å². The van der Waals surface area contributed by atoms with Gasteiger partial charge in [0.2, 0.25) is 0 Å². The summed E-state index contributed by atoms with van der Waals surface area (Å²) < 4.78 is 0. The molecule has 1 amide bonds. The van der Waals surface area contributed by atoms with Crippen LogP contribution in [0, 0.1) is 11.3 Å². The number of nitriles is 1. The maximum absolute atomic E-state index is 11.3. The monoisotopic (exact) mass is 181 g/mol. The first-order chi connectivity index (χ1) is 5.75. The van der Waals surface area contributed by atoms with Crippen LogP contribution < -0.4 is 0 Å². The van der Waals surface area contributed by atoms with Crippen molar-refractivity contribution in [2.24, 2.45) is 0 Å². The summed E-state index contributed by atoms with van der Waals surface area (Å²) in [5.41, 5.74) is 1.59. The van der Waals surface area contributed by atoms with E-state index in [2.05, 4.69) is 4.98 Å². The third kappa shape index (κ3) is 1.80. The zero-order valence-corrected chi connectivity index (χ0v) is 7.34. The Balaban J connectivity index is 2.67. The summed E-state index contributed by atoms with van der Waals surface area (Å²) in [6.07, 6.45) is 1.50. The first-order valence-electron chi connectivity index (χ1n) is 3.26. The first-order valence-corrected chi connectivity index (χ1v) is 4.14. The molecule has 1 heterocycles. The summed E-state index contributed by atoms with van der Waals surface area (Å²) in [4.78, 5) is 17.0. The first kappa shape index (κ1) is 8.68. The molecule has 0 saturated carbocycles. The van der Waals surface area contributed by atoms with E-state index in [-0.39, 0.29) is 12.5 Å². The van der Waals surface area contributed by atoms with Gasteiger partial charge in [-0.15, -0.1) is 11.3 Å². The summed E-state index contributed by atoms with van der Waals surface area (Å²) in [5, 5.41) is 8.33. The zero-order chi connectivity index (χ0) is 8.97. The largest absolute Gasteiger partial charge is 0.328 e. The van der Waals surface area contributed by atoms with E-state index in [1.807, 2.05) is 6.07 Å². The van der Waals surface area contributed by atoms with Crippen LogP contribution in [0.1, 0.15) is 9.67 Å². The second-order valence-electron chi connectivity index (χ2n) is 2.19. The van der Waals surface area contributed by atoms with Gasteiger partial charge < -0.3 is 4.90 Å². The predicted octanol–water partition coefficient (Wildman–Crippen LogP) is 0.739. The number of aromatic nitrogens is 1. The molecule has 0 N–H and O–H groups in total. The lowest BCUT2D eigenvalue weighted by Gasteiger charge is -2.10. The number of carbonyl (C=O) groups excluding carboxylic acids is 1. The van der Waals surface area contributed by atoms with Crippen LogP contribution in [0.15, 0.2) is 11.7 Å². The summed E-state index contributed by atoms with van der Waals surface area (Å²) in [6, 6.07) is 1.90. The van der Waals surface area contributed by atoms with E-state index in [0.717, 1.165) is 0 Å². The van der Waals surface area contributed by atoms with Crippen molar-refractivity contribution in [3.05, 3.63) is 16.6 Å². The van der Waals surface area contributed by atoms with Crippen molar-refractivity contribution in [3.8, 4) is 6.07 Å². The highest BCUT2D eigenvalue weighted by Crippen LogP contribution is 2.07. The number of amides is 1. The second-order valence-corrected chi connectivity index (χ2v) is 3.07. The van der Waals surface area contributed by atoms with Crippen LogP contribution in [0.2, 0.25) is 0 Å². The normalized spacial score (nSPS) is 9.00. The highest BCUT2D eigenvalue weighted by Gasteiger charge is 2.11. The molecular formula is C7H7N3OS. The second kappa shape index (κ2) is 3.83. The van der Waals surface area contributed by atoms with Gasteiger partial charge >= 0.3 is 0 Å².